The van der Waals surface area contributed by atoms with Gasteiger partial charge in [0.2, 0.25) is 5.91 Å². The van der Waals surface area contributed by atoms with Gasteiger partial charge in [-0.05, 0) is 30.5 Å². The zero-order chi connectivity index (χ0) is 14.5. The molecule has 1 unspecified atom stereocenters. The molecule has 0 aliphatic carbocycles. The maximum absolute atomic E-state index is 11.8. The summed E-state index contributed by atoms with van der Waals surface area (Å²) in [6, 6.07) is 6.66. The highest BCUT2D eigenvalue weighted by atomic mass is 32.2. The van der Waals surface area contributed by atoms with E-state index < -0.39 is 15.9 Å². The second kappa shape index (κ2) is 6.68. The molecule has 1 rings (SSSR count). The number of hydrogen-bond acceptors (Lipinski definition) is 4. The number of amides is 1. The van der Waals surface area contributed by atoms with Gasteiger partial charge < -0.3 is 11.1 Å². The van der Waals surface area contributed by atoms with Crippen LogP contribution in [0.4, 0.5) is 5.69 Å². The van der Waals surface area contributed by atoms with Crippen molar-refractivity contribution in [3.05, 3.63) is 29.8 Å². The Morgan fingerprint density at radius 2 is 2.11 bits per heavy atom. The zero-order valence-corrected chi connectivity index (χ0v) is 12.0. The van der Waals surface area contributed by atoms with E-state index in [1.165, 1.54) is 0 Å². The molecule has 1 aromatic carbocycles. The van der Waals surface area contributed by atoms with Crippen LogP contribution in [0.1, 0.15) is 18.9 Å². The van der Waals surface area contributed by atoms with Crippen molar-refractivity contribution in [1.82, 2.24) is 0 Å². The standard InChI is InChI=1S/C13H20N2O3S/c1-3-10-5-4-6-11(9-10)15-13(16)12(14)7-8-19(2,17)18/h4-6,9,12H,3,7-8,14H2,1-2H3,(H,15,16). The number of nitrogens with one attached hydrogen (secondary N) is 1. The number of hydrogen-bond donors (Lipinski definition) is 2. The van der Waals surface area contributed by atoms with Gasteiger partial charge in [-0.25, -0.2) is 8.42 Å². The van der Waals surface area contributed by atoms with Gasteiger partial charge >= 0.3 is 0 Å². The summed E-state index contributed by atoms with van der Waals surface area (Å²) in [6.07, 6.45) is 2.13. The lowest BCUT2D eigenvalue weighted by molar-refractivity contribution is -0.117. The fraction of sp³-hybridized carbons (Fsp3) is 0.462. The van der Waals surface area contributed by atoms with Crippen molar-refractivity contribution in [2.24, 2.45) is 5.73 Å². The van der Waals surface area contributed by atoms with E-state index in [4.69, 9.17) is 5.73 Å². The largest absolute Gasteiger partial charge is 0.325 e. The summed E-state index contributed by atoms with van der Waals surface area (Å²) >= 11 is 0. The number of anilines is 1. The first-order chi connectivity index (χ1) is 8.81. The second-order valence-corrected chi connectivity index (χ2v) is 6.83. The monoisotopic (exact) mass is 284 g/mol. The SMILES string of the molecule is CCc1cccc(NC(=O)C(N)CCS(C)(=O)=O)c1. The Balaban J connectivity index is 2.58. The Kier molecular flexibility index (Phi) is 5.50. The maximum Gasteiger partial charge on any atom is 0.241 e. The van der Waals surface area contributed by atoms with E-state index in [0.29, 0.717) is 5.69 Å². The first-order valence-electron chi connectivity index (χ1n) is 6.15. The summed E-state index contributed by atoms with van der Waals surface area (Å²) in [7, 11) is -3.10. The lowest BCUT2D eigenvalue weighted by atomic mass is 10.1. The van der Waals surface area contributed by atoms with Gasteiger partial charge in [-0.1, -0.05) is 19.1 Å². The molecular weight excluding hydrogens is 264 g/mol. The highest BCUT2D eigenvalue weighted by Gasteiger charge is 2.16. The summed E-state index contributed by atoms with van der Waals surface area (Å²) in [5.41, 5.74) is 7.46. The van der Waals surface area contributed by atoms with Crippen molar-refractivity contribution >= 4 is 21.4 Å². The molecule has 0 saturated carbocycles. The van der Waals surface area contributed by atoms with Gasteiger partial charge in [0.1, 0.15) is 9.84 Å². The number of sulfone groups is 1. The third kappa shape index (κ3) is 5.85. The topological polar surface area (TPSA) is 89.3 Å². The van der Waals surface area contributed by atoms with Gasteiger partial charge in [-0.2, -0.15) is 0 Å². The van der Waals surface area contributed by atoms with Crippen LogP contribution in [0.2, 0.25) is 0 Å². The molecule has 0 radical (unpaired) electrons. The molecule has 0 aliphatic rings. The molecule has 19 heavy (non-hydrogen) atoms. The molecule has 0 spiro atoms. The van der Waals surface area contributed by atoms with Gasteiger partial charge in [0.15, 0.2) is 0 Å². The Morgan fingerprint density at radius 1 is 1.42 bits per heavy atom. The highest BCUT2D eigenvalue weighted by molar-refractivity contribution is 7.90. The molecule has 106 valence electrons. The first kappa shape index (κ1) is 15.7. The van der Waals surface area contributed by atoms with Gasteiger partial charge in [0.25, 0.3) is 0 Å². The third-order valence-corrected chi connectivity index (χ3v) is 3.72. The van der Waals surface area contributed by atoms with Gasteiger partial charge in [0.05, 0.1) is 11.8 Å². The van der Waals surface area contributed by atoms with Crippen LogP contribution in [0.15, 0.2) is 24.3 Å². The van der Waals surface area contributed by atoms with Crippen LogP contribution in [0.3, 0.4) is 0 Å². The predicted octanol–water partition coefficient (Wildman–Crippen LogP) is 0.950. The summed E-state index contributed by atoms with van der Waals surface area (Å²) in [6.45, 7) is 2.03. The maximum atomic E-state index is 11.8. The number of rotatable bonds is 6. The number of aryl methyl sites for hydroxylation is 1. The van der Waals surface area contributed by atoms with Crippen molar-refractivity contribution < 1.29 is 13.2 Å². The van der Waals surface area contributed by atoms with Gasteiger partial charge in [0, 0.05) is 11.9 Å². The zero-order valence-electron chi connectivity index (χ0n) is 11.2. The van der Waals surface area contributed by atoms with E-state index in [9.17, 15) is 13.2 Å². The average molecular weight is 284 g/mol. The summed E-state index contributed by atoms with van der Waals surface area (Å²) in [5.74, 6) is -0.451. The van der Waals surface area contributed by atoms with Crippen LogP contribution in [-0.4, -0.2) is 32.4 Å². The number of carbonyl (C=O) groups excluding carboxylic acids is 1. The van der Waals surface area contributed by atoms with Crippen molar-refractivity contribution in [3.63, 3.8) is 0 Å². The molecule has 0 bridgehead atoms. The molecule has 5 nitrogen and oxygen atoms in total. The molecule has 1 amide bonds. The van der Waals surface area contributed by atoms with Crippen molar-refractivity contribution in [1.29, 1.82) is 0 Å². The van der Waals surface area contributed by atoms with E-state index in [-0.39, 0.29) is 18.1 Å². The van der Waals surface area contributed by atoms with Crippen LogP contribution < -0.4 is 11.1 Å². The lowest BCUT2D eigenvalue weighted by Crippen LogP contribution is -2.37. The second-order valence-electron chi connectivity index (χ2n) is 4.57. The van der Waals surface area contributed by atoms with Crippen LogP contribution in [0.25, 0.3) is 0 Å². The molecule has 0 saturated heterocycles. The van der Waals surface area contributed by atoms with Crippen molar-refractivity contribution in [3.8, 4) is 0 Å². The predicted molar refractivity (Wildman–Crippen MR) is 76.8 cm³/mol. The Bertz CT molecular complexity index is 541. The smallest absolute Gasteiger partial charge is 0.241 e. The third-order valence-electron chi connectivity index (χ3n) is 2.74. The normalized spacial score (nSPS) is 13.0. The first-order valence-corrected chi connectivity index (χ1v) is 8.21. The Labute approximate surface area is 114 Å². The van der Waals surface area contributed by atoms with Gasteiger partial charge in [-0.15, -0.1) is 0 Å². The minimum Gasteiger partial charge on any atom is -0.325 e. The van der Waals surface area contributed by atoms with E-state index in [0.717, 1.165) is 18.2 Å². The molecule has 0 aliphatic heterocycles. The van der Waals surface area contributed by atoms with Crippen LogP contribution in [0.5, 0.6) is 0 Å². The van der Waals surface area contributed by atoms with Crippen molar-refractivity contribution in [2.45, 2.75) is 25.8 Å². The molecule has 1 atom stereocenters. The van der Waals surface area contributed by atoms with E-state index in [1.807, 2.05) is 25.1 Å². The highest BCUT2D eigenvalue weighted by Crippen LogP contribution is 2.11. The molecule has 6 heteroatoms. The van der Waals surface area contributed by atoms with E-state index in [2.05, 4.69) is 5.32 Å². The average Bonchev–Trinajstić information content (AvgIpc) is 2.35. The minimum atomic E-state index is -3.10. The Hall–Kier alpha value is -1.40. The molecule has 3 N–H and O–H groups in total. The molecule has 0 aromatic heterocycles. The molecular formula is C13H20N2O3S. The molecule has 0 fully saturated rings. The summed E-state index contributed by atoms with van der Waals surface area (Å²) in [4.78, 5) is 11.8. The lowest BCUT2D eigenvalue weighted by Gasteiger charge is -2.12. The molecule has 0 heterocycles. The number of carbonyl (C=O) groups is 1. The quantitative estimate of drug-likeness (QED) is 0.814. The molecule has 1 aromatic rings. The Morgan fingerprint density at radius 3 is 2.68 bits per heavy atom. The van der Waals surface area contributed by atoms with Gasteiger partial charge in [-0.3, -0.25) is 4.79 Å². The van der Waals surface area contributed by atoms with Crippen LogP contribution in [-0.2, 0) is 21.1 Å². The minimum absolute atomic E-state index is 0.0867. The summed E-state index contributed by atoms with van der Waals surface area (Å²) < 4.78 is 22.0. The van der Waals surface area contributed by atoms with E-state index in [1.54, 1.807) is 6.07 Å². The van der Waals surface area contributed by atoms with Crippen LogP contribution in [0, 0.1) is 0 Å². The number of benzene rings is 1. The van der Waals surface area contributed by atoms with Crippen LogP contribution >= 0.6 is 0 Å². The fourth-order valence-electron chi connectivity index (χ4n) is 1.58. The fourth-order valence-corrected chi connectivity index (χ4v) is 2.26. The van der Waals surface area contributed by atoms with Crippen molar-refractivity contribution in [2.75, 3.05) is 17.3 Å². The summed E-state index contributed by atoms with van der Waals surface area (Å²) in [5, 5.41) is 2.69. The van der Waals surface area contributed by atoms with E-state index >= 15 is 0 Å². The number of nitrogens with two attached hydrogens (primary N) is 1.